The Morgan fingerprint density at radius 3 is 2.67 bits per heavy atom. The van der Waals surface area contributed by atoms with Crippen LogP contribution in [0.2, 0.25) is 5.02 Å². The summed E-state index contributed by atoms with van der Waals surface area (Å²) in [4.78, 5) is 31.5. The van der Waals surface area contributed by atoms with Crippen molar-refractivity contribution in [3.63, 3.8) is 0 Å². The van der Waals surface area contributed by atoms with Crippen molar-refractivity contribution in [2.75, 3.05) is 12.0 Å². The molecule has 0 aliphatic carbocycles. The predicted molar refractivity (Wildman–Crippen MR) is 116 cm³/mol. The van der Waals surface area contributed by atoms with E-state index < -0.39 is 17.7 Å². The van der Waals surface area contributed by atoms with Gasteiger partial charge in [-0.3, -0.25) is 14.5 Å². The first-order valence-corrected chi connectivity index (χ1v) is 10.3. The molecule has 1 aromatic heterocycles. The molecular formula is C22H17ClN2O4S. The Kier molecular flexibility index (Phi) is 5.32. The van der Waals surface area contributed by atoms with Crippen LogP contribution >= 0.6 is 22.9 Å². The molecule has 2 aromatic carbocycles. The number of anilines is 1. The predicted octanol–water partition coefficient (Wildman–Crippen LogP) is 4.74. The van der Waals surface area contributed by atoms with E-state index in [2.05, 4.69) is 4.98 Å². The lowest BCUT2D eigenvalue weighted by molar-refractivity contribution is -0.132. The average Bonchev–Trinajstić information content (AvgIpc) is 3.34. The molecule has 6 nitrogen and oxygen atoms in total. The van der Waals surface area contributed by atoms with Crippen molar-refractivity contribution in [2.45, 2.75) is 13.0 Å². The van der Waals surface area contributed by atoms with Crippen LogP contribution in [0.4, 0.5) is 5.13 Å². The summed E-state index contributed by atoms with van der Waals surface area (Å²) in [6.45, 7) is 1.83. The lowest BCUT2D eigenvalue weighted by Crippen LogP contribution is -2.29. The van der Waals surface area contributed by atoms with Crippen molar-refractivity contribution in [2.24, 2.45) is 0 Å². The number of carbonyl (C=O) groups is 2. The van der Waals surface area contributed by atoms with Crippen molar-refractivity contribution in [1.82, 2.24) is 4.98 Å². The quantitative estimate of drug-likeness (QED) is 0.360. The number of halogens is 1. The van der Waals surface area contributed by atoms with Gasteiger partial charge in [-0.05, 0) is 48.4 Å². The Labute approximate surface area is 182 Å². The van der Waals surface area contributed by atoms with Crippen LogP contribution < -0.4 is 9.64 Å². The van der Waals surface area contributed by atoms with E-state index in [0.717, 1.165) is 5.56 Å². The summed E-state index contributed by atoms with van der Waals surface area (Å²) < 4.78 is 5.26. The lowest BCUT2D eigenvalue weighted by Gasteiger charge is -2.23. The Morgan fingerprint density at radius 1 is 1.23 bits per heavy atom. The third kappa shape index (κ3) is 3.36. The van der Waals surface area contributed by atoms with Gasteiger partial charge in [0, 0.05) is 22.2 Å². The van der Waals surface area contributed by atoms with Gasteiger partial charge in [0.1, 0.15) is 11.5 Å². The van der Waals surface area contributed by atoms with E-state index >= 15 is 0 Å². The highest BCUT2D eigenvalue weighted by atomic mass is 35.5. The van der Waals surface area contributed by atoms with Gasteiger partial charge >= 0.3 is 5.91 Å². The van der Waals surface area contributed by atoms with Crippen LogP contribution in [0.25, 0.3) is 5.76 Å². The van der Waals surface area contributed by atoms with Gasteiger partial charge in [0.2, 0.25) is 0 Å². The number of ether oxygens (including phenoxy) is 1. The fraction of sp³-hybridized carbons (Fsp3) is 0.136. The summed E-state index contributed by atoms with van der Waals surface area (Å²) in [5.74, 6) is -1.13. The molecule has 1 atom stereocenters. The Bertz CT molecular complexity index is 1170. The minimum atomic E-state index is -0.850. The van der Waals surface area contributed by atoms with Crippen molar-refractivity contribution >= 4 is 45.5 Å². The molecule has 1 amide bonds. The molecule has 2 heterocycles. The zero-order valence-corrected chi connectivity index (χ0v) is 17.7. The SMILES string of the molecule is COc1ccc(C(O)=C2C(=O)C(=O)N(c3nccs3)[C@H]2c2cccc(Cl)c2)cc1C. The van der Waals surface area contributed by atoms with Gasteiger partial charge in [-0.25, -0.2) is 4.98 Å². The van der Waals surface area contributed by atoms with E-state index in [0.29, 0.717) is 27.0 Å². The minimum absolute atomic E-state index is 0.0120. The number of rotatable bonds is 4. The fourth-order valence-electron chi connectivity index (χ4n) is 3.54. The molecule has 30 heavy (non-hydrogen) atoms. The number of aryl methyl sites for hydroxylation is 1. The van der Waals surface area contributed by atoms with Crippen molar-refractivity contribution in [1.29, 1.82) is 0 Å². The number of ketones is 1. The van der Waals surface area contributed by atoms with Gasteiger partial charge in [0.05, 0.1) is 18.7 Å². The number of methoxy groups -OCH3 is 1. The number of carbonyl (C=O) groups excluding carboxylic acids is 2. The number of hydrogen-bond acceptors (Lipinski definition) is 6. The molecule has 1 saturated heterocycles. The molecule has 0 unspecified atom stereocenters. The molecule has 0 saturated carbocycles. The Hall–Kier alpha value is -3.16. The van der Waals surface area contributed by atoms with Crippen LogP contribution in [0.5, 0.6) is 5.75 Å². The summed E-state index contributed by atoms with van der Waals surface area (Å²) in [7, 11) is 1.56. The number of benzene rings is 2. The Morgan fingerprint density at radius 2 is 2.03 bits per heavy atom. The molecule has 1 fully saturated rings. The van der Waals surface area contributed by atoms with Crippen LogP contribution in [-0.4, -0.2) is 28.9 Å². The summed E-state index contributed by atoms with van der Waals surface area (Å²) in [6.07, 6.45) is 1.56. The standard InChI is InChI=1S/C22H17ClN2O4S/c1-12-10-14(6-7-16(12)29-2)19(26)17-18(13-4-3-5-15(23)11-13)25(21(28)20(17)27)22-24-8-9-30-22/h3-11,18,26H,1-2H3/t18-/m0/s1. The summed E-state index contributed by atoms with van der Waals surface area (Å²) in [6, 6.07) is 11.1. The summed E-state index contributed by atoms with van der Waals surface area (Å²) >= 11 is 7.41. The highest BCUT2D eigenvalue weighted by Gasteiger charge is 2.48. The molecule has 4 rings (SSSR count). The number of aliphatic hydroxyl groups excluding tert-OH is 1. The van der Waals surface area contributed by atoms with Crippen LogP contribution in [0, 0.1) is 6.92 Å². The van der Waals surface area contributed by atoms with Gasteiger partial charge in [0.25, 0.3) is 5.78 Å². The fourth-order valence-corrected chi connectivity index (χ4v) is 4.40. The topological polar surface area (TPSA) is 79.7 Å². The van der Waals surface area contributed by atoms with Crippen molar-refractivity contribution in [3.8, 4) is 5.75 Å². The molecule has 0 radical (unpaired) electrons. The van der Waals surface area contributed by atoms with Crippen molar-refractivity contribution < 1.29 is 19.4 Å². The number of Topliss-reactive ketones (excluding diaryl/α,β-unsaturated/α-hetero) is 1. The number of thiazole rings is 1. The normalized spacial score (nSPS) is 18.1. The summed E-state index contributed by atoms with van der Waals surface area (Å²) in [5, 5.41) is 13.6. The average molecular weight is 441 g/mol. The molecule has 1 N–H and O–H groups in total. The lowest BCUT2D eigenvalue weighted by atomic mass is 9.95. The highest BCUT2D eigenvalue weighted by Crippen LogP contribution is 2.43. The van der Waals surface area contributed by atoms with Gasteiger partial charge in [0.15, 0.2) is 5.13 Å². The number of nitrogens with zero attached hydrogens (tertiary/aromatic N) is 2. The third-order valence-electron chi connectivity index (χ3n) is 4.90. The minimum Gasteiger partial charge on any atom is -0.507 e. The van der Waals surface area contributed by atoms with Crippen LogP contribution in [0.3, 0.4) is 0 Å². The monoisotopic (exact) mass is 440 g/mol. The maximum Gasteiger partial charge on any atom is 0.301 e. The van der Waals surface area contributed by atoms with Crippen LogP contribution in [0.1, 0.15) is 22.7 Å². The maximum atomic E-state index is 13.0. The van der Waals surface area contributed by atoms with E-state index in [1.54, 1.807) is 61.2 Å². The Balaban J connectivity index is 1.94. The van der Waals surface area contributed by atoms with Gasteiger partial charge in [-0.1, -0.05) is 23.7 Å². The van der Waals surface area contributed by atoms with E-state index in [4.69, 9.17) is 16.3 Å². The second-order valence-corrected chi connectivity index (χ2v) is 8.03. The molecular weight excluding hydrogens is 424 g/mol. The first-order valence-electron chi connectivity index (χ1n) is 9.03. The van der Waals surface area contributed by atoms with E-state index in [1.807, 2.05) is 6.92 Å². The molecule has 1 aliphatic rings. The van der Waals surface area contributed by atoms with Crippen LogP contribution in [0.15, 0.2) is 59.6 Å². The number of amides is 1. The molecule has 0 bridgehead atoms. The summed E-state index contributed by atoms with van der Waals surface area (Å²) in [5.41, 5.74) is 1.79. The number of hydrogen-bond donors (Lipinski definition) is 1. The largest absolute Gasteiger partial charge is 0.507 e. The van der Waals surface area contributed by atoms with E-state index in [9.17, 15) is 14.7 Å². The van der Waals surface area contributed by atoms with E-state index in [1.165, 1.54) is 16.2 Å². The zero-order chi connectivity index (χ0) is 21.4. The van der Waals surface area contributed by atoms with Gasteiger partial charge in [-0.2, -0.15) is 0 Å². The second-order valence-electron chi connectivity index (χ2n) is 6.72. The number of aliphatic hydroxyl groups is 1. The first-order chi connectivity index (χ1) is 14.4. The maximum absolute atomic E-state index is 13.0. The number of aromatic nitrogens is 1. The first kappa shape index (κ1) is 20.1. The van der Waals surface area contributed by atoms with Crippen LogP contribution in [-0.2, 0) is 9.59 Å². The van der Waals surface area contributed by atoms with Gasteiger partial charge in [-0.15, -0.1) is 11.3 Å². The van der Waals surface area contributed by atoms with Crippen molar-refractivity contribution in [3.05, 3.63) is 81.3 Å². The second kappa shape index (κ2) is 7.93. The molecule has 3 aromatic rings. The molecule has 152 valence electrons. The third-order valence-corrected chi connectivity index (χ3v) is 5.91. The molecule has 8 heteroatoms. The highest BCUT2D eigenvalue weighted by molar-refractivity contribution is 7.14. The zero-order valence-electron chi connectivity index (χ0n) is 16.1. The van der Waals surface area contributed by atoms with E-state index in [-0.39, 0.29) is 11.3 Å². The van der Waals surface area contributed by atoms with Gasteiger partial charge < -0.3 is 9.84 Å². The smallest absolute Gasteiger partial charge is 0.301 e. The molecule has 0 spiro atoms. The molecule has 1 aliphatic heterocycles.